The molecule has 0 saturated heterocycles. The van der Waals surface area contributed by atoms with E-state index in [0.29, 0.717) is 5.41 Å². The van der Waals surface area contributed by atoms with Gasteiger partial charge >= 0.3 is 0 Å². The fourth-order valence-corrected chi connectivity index (χ4v) is 1.91. The average molecular weight is 140 g/mol. The first-order valence-corrected chi connectivity index (χ1v) is 4.52. The highest BCUT2D eigenvalue weighted by Crippen LogP contribution is 2.42. The molecular formula is C10H20. The van der Waals surface area contributed by atoms with E-state index in [4.69, 9.17) is 0 Å². The molecule has 10 heavy (non-hydrogen) atoms. The summed E-state index contributed by atoms with van der Waals surface area (Å²) in [5, 5.41) is 0. The lowest BCUT2D eigenvalue weighted by molar-refractivity contribution is 0.119. The van der Waals surface area contributed by atoms with Crippen LogP contribution < -0.4 is 0 Å². The number of rotatable bonds is 0. The minimum Gasteiger partial charge on any atom is -0.0625 e. The van der Waals surface area contributed by atoms with Crippen LogP contribution in [0.1, 0.15) is 47.0 Å². The summed E-state index contributed by atoms with van der Waals surface area (Å²) in [6, 6.07) is 0. The van der Waals surface area contributed by atoms with E-state index >= 15 is 0 Å². The van der Waals surface area contributed by atoms with E-state index < -0.39 is 0 Å². The zero-order valence-corrected chi connectivity index (χ0v) is 7.78. The third-order valence-corrected chi connectivity index (χ3v) is 3.37. The Morgan fingerprint density at radius 3 is 2.20 bits per heavy atom. The van der Waals surface area contributed by atoms with Crippen LogP contribution >= 0.6 is 0 Å². The summed E-state index contributed by atoms with van der Waals surface area (Å²) in [5.74, 6) is 1.90. The number of hydrogen-bond acceptors (Lipinski definition) is 0. The lowest BCUT2D eigenvalue weighted by atomic mass is 9.67. The highest BCUT2D eigenvalue weighted by atomic mass is 14.4. The van der Waals surface area contributed by atoms with Gasteiger partial charge in [-0.15, -0.1) is 0 Å². The monoisotopic (exact) mass is 140 g/mol. The van der Waals surface area contributed by atoms with Crippen molar-refractivity contribution in [1.82, 2.24) is 0 Å². The van der Waals surface area contributed by atoms with Gasteiger partial charge in [0.1, 0.15) is 0 Å². The van der Waals surface area contributed by atoms with Gasteiger partial charge < -0.3 is 0 Å². The van der Waals surface area contributed by atoms with Crippen molar-refractivity contribution in [2.24, 2.45) is 17.3 Å². The van der Waals surface area contributed by atoms with Gasteiger partial charge in [-0.25, -0.2) is 0 Å². The van der Waals surface area contributed by atoms with Gasteiger partial charge in [-0.3, -0.25) is 0 Å². The van der Waals surface area contributed by atoms with Crippen LogP contribution in [0.5, 0.6) is 0 Å². The van der Waals surface area contributed by atoms with Crippen molar-refractivity contribution in [2.45, 2.75) is 47.0 Å². The summed E-state index contributed by atoms with van der Waals surface area (Å²) in [6.45, 7) is 9.59. The first-order chi connectivity index (χ1) is 4.52. The molecule has 0 N–H and O–H groups in total. The highest BCUT2D eigenvalue weighted by Gasteiger charge is 2.31. The van der Waals surface area contributed by atoms with Crippen LogP contribution in [0.4, 0.5) is 0 Å². The summed E-state index contributed by atoms with van der Waals surface area (Å²) in [7, 11) is 0. The molecule has 1 fully saturated rings. The van der Waals surface area contributed by atoms with E-state index in [1.54, 1.807) is 0 Å². The Bertz CT molecular complexity index is 113. The minimum absolute atomic E-state index is 0.618. The van der Waals surface area contributed by atoms with Crippen molar-refractivity contribution >= 4 is 0 Å². The topological polar surface area (TPSA) is 0 Å². The van der Waals surface area contributed by atoms with Gasteiger partial charge in [-0.05, 0) is 30.1 Å². The Morgan fingerprint density at radius 1 is 1.20 bits per heavy atom. The SMILES string of the molecule is C[C@H]1CCC(C)(C)[C@@H](C)C1. The van der Waals surface area contributed by atoms with E-state index in [1.807, 2.05) is 0 Å². The molecule has 0 spiro atoms. The summed E-state index contributed by atoms with van der Waals surface area (Å²) < 4.78 is 0. The quantitative estimate of drug-likeness (QED) is 0.483. The fraction of sp³-hybridized carbons (Fsp3) is 1.00. The molecule has 0 aromatic carbocycles. The Kier molecular flexibility index (Phi) is 2.07. The molecule has 0 nitrogen and oxygen atoms in total. The van der Waals surface area contributed by atoms with Crippen LogP contribution in [0, 0.1) is 17.3 Å². The zero-order valence-electron chi connectivity index (χ0n) is 7.78. The van der Waals surface area contributed by atoms with Gasteiger partial charge in [-0.1, -0.05) is 34.1 Å². The standard InChI is InChI=1S/C10H20/c1-8-5-6-10(3,4)9(2)7-8/h8-9H,5-7H2,1-4H3/t8-,9-/m0/s1. The van der Waals surface area contributed by atoms with Crippen molar-refractivity contribution < 1.29 is 0 Å². The Balaban J connectivity index is 2.52. The second kappa shape index (κ2) is 2.56. The summed E-state index contributed by atoms with van der Waals surface area (Å²) in [4.78, 5) is 0. The largest absolute Gasteiger partial charge is 0.0625 e. The molecule has 0 heterocycles. The van der Waals surface area contributed by atoms with Crippen molar-refractivity contribution in [1.29, 1.82) is 0 Å². The van der Waals surface area contributed by atoms with Crippen LogP contribution in [-0.2, 0) is 0 Å². The molecule has 60 valence electrons. The summed E-state index contributed by atoms with van der Waals surface area (Å²) >= 11 is 0. The fourth-order valence-electron chi connectivity index (χ4n) is 1.91. The molecule has 1 rings (SSSR count). The van der Waals surface area contributed by atoms with Crippen LogP contribution in [0.3, 0.4) is 0 Å². The molecule has 0 heteroatoms. The molecule has 1 aliphatic carbocycles. The zero-order chi connectivity index (χ0) is 7.78. The smallest absolute Gasteiger partial charge is 0.0328 e. The van der Waals surface area contributed by atoms with Gasteiger partial charge in [0.15, 0.2) is 0 Å². The maximum absolute atomic E-state index is 2.41. The average Bonchev–Trinajstić information content (AvgIpc) is 1.81. The Hall–Kier alpha value is 0. The van der Waals surface area contributed by atoms with Gasteiger partial charge in [0.05, 0.1) is 0 Å². The van der Waals surface area contributed by atoms with Crippen LogP contribution in [0.2, 0.25) is 0 Å². The molecule has 0 aromatic rings. The maximum Gasteiger partial charge on any atom is -0.0328 e. The van der Waals surface area contributed by atoms with Crippen LogP contribution in [-0.4, -0.2) is 0 Å². The van der Waals surface area contributed by atoms with Gasteiger partial charge in [-0.2, -0.15) is 0 Å². The summed E-state index contributed by atoms with van der Waals surface area (Å²) in [5.41, 5.74) is 0.618. The highest BCUT2D eigenvalue weighted by molar-refractivity contribution is 4.82. The lowest BCUT2D eigenvalue weighted by Gasteiger charge is -2.39. The van der Waals surface area contributed by atoms with Crippen LogP contribution in [0.25, 0.3) is 0 Å². The van der Waals surface area contributed by atoms with Gasteiger partial charge in [0.25, 0.3) is 0 Å². The van der Waals surface area contributed by atoms with Crippen molar-refractivity contribution in [2.75, 3.05) is 0 Å². The maximum atomic E-state index is 2.41. The van der Waals surface area contributed by atoms with E-state index in [9.17, 15) is 0 Å². The third-order valence-electron chi connectivity index (χ3n) is 3.37. The first-order valence-electron chi connectivity index (χ1n) is 4.52. The molecule has 2 atom stereocenters. The molecule has 0 aliphatic heterocycles. The second-order valence-corrected chi connectivity index (χ2v) is 4.77. The molecule has 0 amide bonds. The second-order valence-electron chi connectivity index (χ2n) is 4.77. The van der Waals surface area contributed by atoms with Crippen molar-refractivity contribution in [3.8, 4) is 0 Å². The lowest BCUT2D eigenvalue weighted by Crippen LogP contribution is -2.28. The Labute approximate surface area is 65.0 Å². The number of hydrogen-bond donors (Lipinski definition) is 0. The summed E-state index contributed by atoms with van der Waals surface area (Å²) in [6.07, 6.45) is 4.31. The van der Waals surface area contributed by atoms with Gasteiger partial charge in [0, 0.05) is 0 Å². The first kappa shape index (κ1) is 8.10. The Morgan fingerprint density at radius 2 is 1.80 bits per heavy atom. The van der Waals surface area contributed by atoms with E-state index in [-0.39, 0.29) is 0 Å². The van der Waals surface area contributed by atoms with E-state index in [2.05, 4.69) is 27.7 Å². The normalized spacial score (nSPS) is 39.6. The molecule has 1 saturated carbocycles. The van der Waals surface area contributed by atoms with Crippen LogP contribution in [0.15, 0.2) is 0 Å². The molecule has 0 aromatic heterocycles. The molecule has 0 unspecified atom stereocenters. The predicted octanol–water partition coefficient (Wildman–Crippen LogP) is 3.47. The van der Waals surface area contributed by atoms with Gasteiger partial charge in [0.2, 0.25) is 0 Å². The van der Waals surface area contributed by atoms with E-state index in [0.717, 1.165) is 11.8 Å². The molecule has 0 bridgehead atoms. The van der Waals surface area contributed by atoms with Crippen molar-refractivity contribution in [3.05, 3.63) is 0 Å². The predicted molar refractivity (Wildman–Crippen MR) is 46.0 cm³/mol. The molecule has 1 aliphatic rings. The minimum atomic E-state index is 0.618. The molecular weight excluding hydrogens is 120 g/mol. The van der Waals surface area contributed by atoms with E-state index in [1.165, 1.54) is 19.3 Å². The molecule has 0 radical (unpaired) electrons. The third kappa shape index (κ3) is 1.53. The van der Waals surface area contributed by atoms with Crippen molar-refractivity contribution in [3.63, 3.8) is 0 Å².